The molecule has 102 valence electrons. The van der Waals surface area contributed by atoms with Gasteiger partial charge >= 0.3 is 0 Å². The van der Waals surface area contributed by atoms with Gasteiger partial charge in [-0.05, 0) is 49.5 Å². The maximum absolute atomic E-state index is 3.96. The highest BCUT2D eigenvalue weighted by Crippen LogP contribution is 2.39. The monoisotopic (exact) mass is 249 g/mol. The summed E-state index contributed by atoms with van der Waals surface area (Å²) in [7, 11) is 0. The predicted octanol–water partition coefficient (Wildman–Crippen LogP) is 3.35. The third-order valence-electron chi connectivity index (χ3n) is 4.39. The normalized spacial score (nSPS) is 25.3. The summed E-state index contributed by atoms with van der Waals surface area (Å²) in [6, 6.07) is 0. The molecule has 0 aromatic carbocycles. The van der Waals surface area contributed by atoms with Crippen molar-refractivity contribution >= 4 is 0 Å². The molecule has 3 heteroatoms. The summed E-state index contributed by atoms with van der Waals surface area (Å²) in [5, 5.41) is 10.4. The number of aromatic amines is 1. The van der Waals surface area contributed by atoms with Gasteiger partial charge in [-0.1, -0.05) is 20.8 Å². The molecule has 1 aromatic rings. The molecule has 2 rings (SSSR count). The van der Waals surface area contributed by atoms with E-state index in [9.17, 15) is 0 Å². The van der Waals surface area contributed by atoms with Crippen LogP contribution in [0, 0.1) is 17.3 Å². The van der Waals surface area contributed by atoms with E-state index >= 15 is 0 Å². The molecule has 1 heterocycles. The fraction of sp³-hybridized carbons (Fsp3) is 0.800. The molecular formula is C15H27N3. The van der Waals surface area contributed by atoms with Gasteiger partial charge in [0.05, 0.1) is 6.20 Å². The summed E-state index contributed by atoms with van der Waals surface area (Å²) < 4.78 is 0. The first-order chi connectivity index (χ1) is 8.55. The number of H-pyrrole nitrogens is 1. The summed E-state index contributed by atoms with van der Waals surface area (Å²) in [4.78, 5) is 0. The van der Waals surface area contributed by atoms with Crippen LogP contribution in [0.3, 0.4) is 0 Å². The van der Waals surface area contributed by atoms with Gasteiger partial charge in [-0.25, -0.2) is 0 Å². The second-order valence-electron chi connectivity index (χ2n) is 6.82. The number of nitrogens with one attached hydrogen (secondary N) is 2. The number of rotatable bonds is 4. The molecule has 2 N–H and O–H groups in total. The Morgan fingerprint density at radius 1 is 1.28 bits per heavy atom. The first-order valence-electron chi connectivity index (χ1n) is 7.24. The molecule has 0 spiro atoms. The molecule has 0 radical (unpaired) electrons. The van der Waals surface area contributed by atoms with Crippen LogP contribution in [0.25, 0.3) is 0 Å². The van der Waals surface area contributed by atoms with Crippen LogP contribution in [0.2, 0.25) is 0 Å². The summed E-state index contributed by atoms with van der Waals surface area (Å²) in [6.45, 7) is 9.25. The van der Waals surface area contributed by atoms with Crippen molar-refractivity contribution in [3.63, 3.8) is 0 Å². The highest BCUT2D eigenvalue weighted by atomic mass is 15.1. The number of hydrogen-bond acceptors (Lipinski definition) is 2. The molecule has 1 saturated carbocycles. The minimum atomic E-state index is 0.495. The maximum atomic E-state index is 3.96. The number of aromatic nitrogens is 2. The fourth-order valence-electron chi connectivity index (χ4n) is 3.03. The maximum Gasteiger partial charge on any atom is 0.0532 e. The molecular weight excluding hydrogens is 222 g/mol. The average Bonchev–Trinajstić information content (AvgIpc) is 2.82. The Labute approximate surface area is 111 Å². The smallest absolute Gasteiger partial charge is 0.0532 e. The van der Waals surface area contributed by atoms with E-state index in [2.05, 4.69) is 36.3 Å². The van der Waals surface area contributed by atoms with Gasteiger partial charge in [-0.2, -0.15) is 5.10 Å². The molecule has 1 aromatic heterocycles. The van der Waals surface area contributed by atoms with Gasteiger partial charge < -0.3 is 5.32 Å². The van der Waals surface area contributed by atoms with E-state index in [4.69, 9.17) is 0 Å². The van der Waals surface area contributed by atoms with Crippen LogP contribution in [-0.2, 0) is 6.54 Å². The zero-order valence-corrected chi connectivity index (χ0v) is 12.0. The summed E-state index contributed by atoms with van der Waals surface area (Å²) in [6.07, 6.45) is 9.44. The Kier molecular flexibility index (Phi) is 4.44. The number of hydrogen-bond donors (Lipinski definition) is 2. The largest absolute Gasteiger partial charge is 0.312 e. The van der Waals surface area contributed by atoms with Gasteiger partial charge in [0.25, 0.3) is 0 Å². The third-order valence-corrected chi connectivity index (χ3v) is 4.39. The summed E-state index contributed by atoms with van der Waals surface area (Å²) >= 11 is 0. The van der Waals surface area contributed by atoms with Crippen molar-refractivity contribution < 1.29 is 0 Å². The quantitative estimate of drug-likeness (QED) is 0.859. The molecule has 1 aliphatic rings. The van der Waals surface area contributed by atoms with E-state index in [-0.39, 0.29) is 0 Å². The Balaban J connectivity index is 1.65. The second kappa shape index (κ2) is 5.87. The van der Waals surface area contributed by atoms with E-state index in [1.54, 1.807) is 0 Å². The molecule has 1 aliphatic carbocycles. The first kappa shape index (κ1) is 13.6. The van der Waals surface area contributed by atoms with Gasteiger partial charge in [0.2, 0.25) is 0 Å². The summed E-state index contributed by atoms with van der Waals surface area (Å²) in [5.41, 5.74) is 1.74. The molecule has 18 heavy (non-hydrogen) atoms. The lowest BCUT2D eigenvalue weighted by Crippen LogP contribution is -2.30. The van der Waals surface area contributed by atoms with E-state index in [0.717, 1.165) is 24.9 Å². The van der Waals surface area contributed by atoms with Crippen molar-refractivity contribution in [2.24, 2.45) is 17.3 Å². The minimum absolute atomic E-state index is 0.495. The molecule has 0 saturated heterocycles. The van der Waals surface area contributed by atoms with Crippen LogP contribution in [0.1, 0.15) is 52.0 Å². The van der Waals surface area contributed by atoms with Gasteiger partial charge in [-0.3, -0.25) is 5.10 Å². The van der Waals surface area contributed by atoms with Gasteiger partial charge in [0, 0.05) is 18.3 Å². The topological polar surface area (TPSA) is 40.7 Å². The molecule has 0 unspecified atom stereocenters. The second-order valence-corrected chi connectivity index (χ2v) is 6.82. The Bertz CT molecular complexity index is 329. The van der Waals surface area contributed by atoms with Crippen LogP contribution < -0.4 is 5.32 Å². The predicted molar refractivity (Wildman–Crippen MR) is 75.2 cm³/mol. The third kappa shape index (κ3) is 3.84. The summed E-state index contributed by atoms with van der Waals surface area (Å²) in [5.74, 6) is 1.79. The molecule has 1 fully saturated rings. The molecule has 0 bridgehead atoms. The SMILES string of the molecule is CC(C)(C)C1CCC(CNCc2cn[nH]c2)CC1. The van der Waals surface area contributed by atoms with Gasteiger partial charge in [-0.15, -0.1) is 0 Å². The van der Waals surface area contributed by atoms with E-state index in [0.29, 0.717) is 5.41 Å². The van der Waals surface area contributed by atoms with E-state index in [1.165, 1.54) is 31.2 Å². The highest BCUT2D eigenvalue weighted by molar-refractivity contribution is 5.01. The minimum Gasteiger partial charge on any atom is -0.312 e. The van der Waals surface area contributed by atoms with E-state index in [1.807, 2.05) is 12.4 Å². The van der Waals surface area contributed by atoms with Crippen LogP contribution in [0.4, 0.5) is 0 Å². The van der Waals surface area contributed by atoms with Crippen LogP contribution >= 0.6 is 0 Å². The molecule has 0 atom stereocenters. The lowest BCUT2D eigenvalue weighted by molar-refractivity contribution is 0.149. The zero-order valence-electron chi connectivity index (χ0n) is 12.0. The van der Waals surface area contributed by atoms with Crippen LogP contribution in [-0.4, -0.2) is 16.7 Å². The van der Waals surface area contributed by atoms with E-state index < -0.39 is 0 Å². The fourth-order valence-corrected chi connectivity index (χ4v) is 3.03. The zero-order chi connectivity index (χ0) is 13.0. The molecule has 0 amide bonds. The lowest BCUT2D eigenvalue weighted by Gasteiger charge is -2.37. The standard InChI is InChI=1S/C15H27N3/c1-15(2,3)14-6-4-12(5-7-14)8-16-9-13-10-17-18-11-13/h10-12,14,16H,4-9H2,1-3H3,(H,17,18). The Morgan fingerprint density at radius 3 is 2.56 bits per heavy atom. The lowest BCUT2D eigenvalue weighted by atomic mass is 9.70. The van der Waals surface area contributed by atoms with Gasteiger partial charge in [0.15, 0.2) is 0 Å². The van der Waals surface area contributed by atoms with Crippen molar-refractivity contribution in [2.75, 3.05) is 6.54 Å². The molecule has 0 aliphatic heterocycles. The van der Waals surface area contributed by atoms with Crippen molar-refractivity contribution in [1.29, 1.82) is 0 Å². The Morgan fingerprint density at radius 2 is 2.00 bits per heavy atom. The van der Waals surface area contributed by atoms with Crippen molar-refractivity contribution in [3.05, 3.63) is 18.0 Å². The van der Waals surface area contributed by atoms with Crippen molar-refractivity contribution in [1.82, 2.24) is 15.5 Å². The highest BCUT2D eigenvalue weighted by Gasteiger charge is 2.29. The average molecular weight is 249 g/mol. The first-order valence-corrected chi connectivity index (χ1v) is 7.24. The Hall–Kier alpha value is -0.830. The van der Waals surface area contributed by atoms with Gasteiger partial charge in [0.1, 0.15) is 0 Å². The van der Waals surface area contributed by atoms with Crippen LogP contribution in [0.15, 0.2) is 12.4 Å². The number of nitrogens with zero attached hydrogens (tertiary/aromatic N) is 1. The van der Waals surface area contributed by atoms with Crippen molar-refractivity contribution in [2.45, 2.75) is 53.0 Å². The van der Waals surface area contributed by atoms with Crippen LogP contribution in [0.5, 0.6) is 0 Å². The van der Waals surface area contributed by atoms with Crippen molar-refractivity contribution in [3.8, 4) is 0 Å². The molecule has 3 nitrogen and oxygen atoms in total.